The van der Waals surface area contributed by atoms with Crippen LogP contribution in [0.2, 0.25) is 0 Å². The summed E-state index contributed by atoms with van der Waals surface area (Å²) in [6.07, 6.45) is -1.94. The maximum absolute atomic E-state index is 11.4. The minimum Gasteiger partial charge on any atom is -0.479 e. The fraction of sp³-hybridized carbons (Fsp3) is 0.667. The van der Waals surface area contributed by atoms with Crippen molar-refractivity contribution in [3.63, 3.8) is 0 Å². The van der Waals surface area contributed by atoms with Gasteiger partial charge in [-0.3, -0.25) is 14.4 Å². The molecule has 0 radical (unpaired) electrons. The fourth-order valence-corrected chi connectivity index (χ4v) is 1.20. The van der Waals surface area contributed by atoms with Gasteiger partial charge in [0, 0.05) is 6.92 Å². The van der Waals surface area contributed by atoms with Gasteiger partial charge in [0.25, 0.3) is 0 Å². The summed E-state index contributed by atoms with van der Waals surface area (Å²) in [6.45, 7) is 4.57. The topological polar surface area (TPSA) is 127 Å². The number of aliphatic carboxylic acids is 1. The van der Waals surface area contributed by atoms with Crippen LogP contribution < -0.4 is 0 Å². The van der Waals surface area contributed by atoms with E-state index in [-0.39, 0.29) is 12.5 Å². The lowest BCUT2D eigenvalue weighted by Crippen LogP contribution is -2.43. The van der Waals surface area contributed by atoms with Crippen LogP contribution in [0.4, 0.5) is 0 Å². The first-order valence-corrected chi connectivity index (χ1v) is 5.89. The standard InChI is InChI=1S/C12H18O8/c1-7(2)6-19-9(14)4-12(18,11(16)17)5-10(15)20-8(3)13/h7,18H,4-6H2,1-3H3,(H,16,17). The van der Waals surface area contributed by atoms with Gasteiger partial charge in [0.05, 0.1) is 19.4 Å². The van der Waals surface area contributed by atoms with E-state index in [1.54, 1.807) is 13.8 Å². The number of carbonyl (C=O) groups excluding carboxylic acids is 3. The molecule has 1 atom stereocenters. The summed E-state index contributed by atoms with van der Waals surface area (Å²) in [5.41, 5.74) is -2.67. The summed E-state index contributed by atoms with van der Waals surface area (Å²) >= 11 is 0. The zero-order chi connectivity index (χ0) is 15.9. The Morgan fingerprint density at radius 2 is 1.60 bits per heavy atom. The molecule has 0 aromatic carbocycles. The Kier molecular flexibility index (Phi) is 6.84. The van der Waals surface area contributed by atoms with Gasteiger partial charge in [-0.25, -0.2) is 4.79 Å². The first-order valence-electron chi connectivity index (χ1n) is 5.89. The highest BCUT2D eigenvalue weighted by Crippen LogP contribution is 2.18. The van der Waals surface area contributed by atoms with Crippen molar-refractivity contribution in [3.05, 3.63) is 0 Å². The molecule has 0 aliphatic carbocycles. The van der Waals surface area contributed by atoms with E-state index in [9.17, 15) is 24.3 Å². The average Bonchev–Trinajstić information content (AvgIpc) is 2.24. The van der Waals surface area contributed by atoms with Gasteiger partial charge >= 0.3 is 23.9 Å². The van der Waals surface area contributed by atoms with Crippen molar-refractivity contribution in [2.45, 2.75) is 39.2 Å². The highest BCUT2D eigenvalue weighted by molar-refractivity contribution is 5.91. The smallest absolute Gasteiger partial charge is 0.336 e. The number of hydrogen-bond acceptors (Lipinski definition) is 7. The number of carboxylic acid groups (broad SMARTS) is 1. The number of ether oxygens (including phenoxy) is 2. The van der Waals surface area contributed by atoms with Crippen LogP contribution in [0, 0.1) is 5.92 Å². The van der Waals surface area contributed by atoms with E-state index in [1.165, 1.54) is 0 Å². The summed E-state index contributed by atoms with van der Waals surface area (Å²) in [5, 5.41) is 18.7. The van der Waals surface area contributed by atoms with Crippen molar-refractivity contribution < 1.29 is 38.9 Å². The van der Waals surface area contributed by atoms with Gasteiger partial charge in [-0.05, 0) is 5.92 Å². The predicted octanol–water partition coefficient (Wildman–Crippen LogP) is -0.129. The second kappa shape index (κ2) is 7.59. The second-order valence-corrected chi connectivity index (χ2v) is 4.73. The minimum atomic E-state index is -2.67. The van der Waals surface area contributed by atoms with Gasteiger partial charge in [-0.1, -0.05) is 13.8 Å². The van der Waals surface area contributed by atoms with Gasteiger partial charge in [0.1, 0.15) is 0 Å². The number of aliphatic hydroxyl groups is 1. The van der Waals surface area contributed by atoms with Crippen molar-refractivity contribution in [2.75, 3.05) is 6.61 Å². The van der Waals surface area contributed by atoms with E-state index < -0.39 is 42.3 Å². The third-order valence-electron chi connectivity index (χ3n) is 2.11. The Balaban J connectivity index is 4.68. The SMILES string of the molecule is CC(=O)OC(=O)CC(O)(CC(=O)OCC(C)C)C(=O)O. The van der Waals surface area contributed by atoms with Gasteiger partial charge in [-0.2, -0.15) is 0 Å². The number of hydrogen-bond donors (Lipinski definition) is 2. The monoisotopic (exact) mass is 290 g/mol. The summed E-state index contributed by atoms with van der Waals surface area (Å²) in [7, 11) is 0. The molecular weight excluding hydrogens is 272 g/mol. The zero-order valence-electron chi connectivity index (χ0n) is 11.5. The molecule has 1 unspecified atom stereocenters. The van der Waals surface area contributed by atoms with Crippen molar-refractivity contribution in [2.24, 2.45) is 5.92 Å². The van der Waals surface area contributed by atoms with E-state index in [0.717, 1.165) is 6.92 Å². The summed E-state index contributed by atoms with van der Waals surface area (Å²) < 4.78 is 8.85. The van der Waals surface area contributed by atoms with Crippen molar-refractivity contribution in [1.82, 2.24) is 0 Å². The maximum Gasteiger partial charge on any atom is 0.336 e. The van der Waals surface area contributed by atoms with Gasteiger partial charge < -0.3 is 19.7 Å². The molecule has 2 N–H and O–H groups in total. The lowest BCUT2D eigenvalue weighted by molar-refractivity contribution is -0.175. The molecule has 0 aliphatic rings. The molecule has 0 saturated carbocycles. The summed E-state index contributed by atoms with van der Waals surface area (Å²) in [6, 6.07) is 0. The van der Waals surface area contributed by atoms with Gasteiger partial charge in [0.15, 0.2) is 5.60 Å². The van der Waals surface area contributed by atoms with Crippen molar-refractivity contribution in [1.29, 1.82) is 0 Å². The van der Waals surface area contributed by atoms with Crippen molar-refractivity contribution in [3.8, 4) is 0 Å². The number of carbonyl (C=O) groups is 4. The average molecular weight is 290 g/mol. The molecule has 8 nitrogen and oxygen atoms in total. The minimum absolute atomic E-state index is 0.0412. The number of rotatable bonds is 7. The van der Waals surface area contributed by atoms with Crippen LogP contribution in [-0.4, -0.2) is 46.3 Å². The molecule has 8 heteroatoms. The molecule has 0 aromatic heterocycles. The number of esters is 3. The van der Waals surface area contributed by atoms with Crippen molar-refractivity contribution >= 4 is 23.9 Å². The Morgan fingerprint density at radius 1 is 1.10 bits per heavy atom. The second-order valence-electron chi connectivity index (χ2n) is 4.73. The highest BCUT2D eigenvalue weighted by Gasteiger charge is 2.42. The fourth-order valence-electron chi connectivity index (χ4n) is 1.20. The van der Waals surface area contributed by atoms with Crippen LogP contribution in [0.1, 0.15) is 33.6 Å². The van der Waals surface area contributed by atoms with Gasteiger partial charge in [-0.15, -0.1) is 0 Å². The quantitative estimate of drug-likeness (QED) is 0.490. The zero-order valence-corrected chi connectivity index (χ0v) is 11.5. The molecular formula is C12H18O8. The summed E-state index contributed by atoms with van der Waals surface area (Å²) in [4.78, 5) is 44.1. The lowest BCUT2D eigenvalue weighted by atomic mass is 9.96. The van der Waals surface area contributed by atoms with E-state index in [1.807, 2.05) is 0 Å². The van der Waals surface area contributed by atoms with Crippen LogP contribution >= 0.6 is 0 Å². The van der Waals surface area contributed by atoms with E-state index in [0.29, 0.717) is 0 Å². The Hall–Kier alpha value is -1.96. The van der Waals surface area contributed by atoms with Crippen LogP contribution in [0.3, 0.4) is 0 Å². The predicted molar refractivity (Wildman–Crippen MR) is 64.4 cm³/mol. The molecule has 0 saturated heterocycles. The molecule has 0 fully saturated rings. The molecule has 0 aromatic rings. The first-order chi connectivity index (χ1) is 9.06. The van der Waals surface area contributed by atoms with Crippen LogP contribution in [0.15, 0.2) is 0 Å². The van der Waals surface area contributed by atoms with Crippen LogP contribution in [0.25, 0.3) is 0 Å². The first kappa shape index (κ1) is 18.0. The van der Waals surface area contributed by atoms with E-state index >= 15 is 0 Å². The highest BCUT2D eigenvalue weighted by atomic mass is 16.6. The number of carboxylic acids is 1. The molecule has 20 heavy (non-hydrogen) atoms. The third-order valence-corrected chi connectivity index (χ3v) is 2.11. The van der Waals surface area contributed by atoms with E-state index in [2.05, 4.69) is 4.74 Å². The molecule has 0 heterocycles. The largest absolute Gasteiger partial charge is 0.479 e. The van der Waals surface area contributed by atoms with Crippen LogP contribution in [-0.2, 0) is 28.7 Å². The molecule has 0 bridgehead atoms. The lowest BCUT2D eigenvalue weighted by Gasteiger charge is -2.21. The Labute approximate surface area is 115 Å². The molecule has 0 spiro atoms. The molecule has 114 valence electrons. The Bertz CT molecular complexity index is 400. The van der Waals surface area contributed by atoms with Gasteiger partial charge in [0.2, 0.25) is 0 Å². The molecule has 0 aliphatic heterocycles. The summed E-state index contributed by atoms with van der Waals surface area (Å²) in [5.74, 6) is -4.87. The molecule has 0 amide bonds. The van der Waals surface area contributed by atoms with Crippen LogP contribution in [0.5, 0.6) is 0 Å². The van der Waals surface area contributed by atoms with E-state index in [4.69, 9.17) is 9.84 Å². The Morgan fingerprint density at radius 3 is 2.00 bits per heavy atom. The maximum atomic E-state index is 11.4. The normalized spacial score (nSPS) is 13.4. The molecule has 0 rings (SSSR count). The third kappa shape index (κ3) is 6.83.